The summed E-state index contributed by atoms with van der Waals surface area (Å²) in [4.78, 5) is 35.8. The number of cyclic esters (lactones) is 3. The van der Waals surface area contributed by atoms with Crippen LogP contribution >= 0.6 is 0 Å². The van der Waals surface area contributed by atoms with Gasteiger partial charge in [-0.1, -0.05) is 38.6 Å². The summed E-state index contributed by atoms with van der Waals surface area (Å²) < 4.78 is 9.84. The van der Waals surface area contributed by atoms with Crippen LogP contribution in [0.15, 0.2) is 43.0 Å². The zero-order chi connectivity index (χ0) is 19.3. The monoisotopic (exact) mass is 362 g/mol. The molecular formula is C22H18O5. The average Bonchev–Trinajstić information content (AvgIpc) is 3.12. The first kappa shape index (κ1) is 17.2. The number of esters is 3. The number of carbonyl (C=O) groups is 3. The molecule has 5 nitrogen and oxygen atoms in total. The maximum Gasteiger partial charge on any atom is 0.346 e. The van der Waals surface area contributed by atoms with E-state index in [4.69, 9.17) is 9.47 Å². The molecule has 4 rings (SSSR count). The lowest BCUT2D eigenvalue weighted by Crippen LogP contribution is -2.27. The normalized spacial score (nSPS) is 15.5. The van der Waals surface area contributed by atoms with Crippen molar-refractivity contribution >= 4 is 23.7 Å². The number of fused-ring (bicyclic) bond motifs is 2. The first-order chi connectivity index (χ1) is 12.9. The molecule has 2 aliphatic rings. The second-order valence-corrected chi connectivity index (χ2v) is 6.80. The highest BCUT2D eigenvalue weighted by Gasteiger charge is 2.37. The summed E-state index contributed by atoms with van der Waals surface area (Å²) in [7, 11) is 0. The average molecular weight is 362 g/mol. The van der Waals surface area contributed by atoms with E-state index in [1.807, 2.05) is 24.3 Å². The Bertz CT molecular complexity index is 947. The van der Waals surface area contributed by atoms with Gasteiger partial charge in [-0.25, -0.2) is 14.4 Å². The molecule has 2 aliphatic heterocycles. The van der Waals surface area contributed by atoms with E-state index < -0.39 is 23.3 Å². The van der Waals surface area contributed by atoms with E-state index in [9.17, 15) is 14.4 Å². The summed E-state index contributed by atoms with van der Waals surface area (Å²) in [6, 6.07) is 10.9. The number of benzene rings is 2. The van der Waals surface area contributed by atoms with Crippen molar-refractivity contribution in [3.63, 3.8) is 0 Å². The minimum Gasteiger partial charge on any atom is -0.423 e. The van der Waals surface area contributed by atoms with Crippen molar-refractivity contribution in [2.24, 2.45) is 0 Å². The molecule has 0 aliphatic carbocycles. The fourth-order valence-electron chi connectivity index (χ4n) is 4.09. The molecular weight excluding hydrogens is 344 g/mol. The number of hydrogen-bond donors (Lipinski definition) is 0. The molecule has 0 aromatic heterocycles. The van der Waals surface area contributed by atoms with Crippen LogP contribution in [-0.2, 0) is 14.9 Å². The van der Waals surface area contributed by atoms with Gasteiger partial charge in [-0.2, -0.15) is 0 Å². The highest BCUT2D eigenvalue weighted by Crippen LogP contribution is 2.42. The van der Waals surface area contributed by atoms with E-state index in [1.54, 1.807) is 12.1 Å². The quantitative estimate of drug-likeness (QED) is 0.601. The van der Waals surface area contributed by atoms with Gasteiger partial charge in [0.15, 0.2) is 0 Å². The van der Waals surface area contributed by atoms with Gasteiger partial charge in [-0.15, -0.1) is 0 Å². The lowest BCUT2D eigenvalue weighted by Gasteiger charge is -2.33. The third-order valence-electron chi connectivity index (χ3n) is 5.71. The minimum atomic E-state index is -0.619. The summed E-state index contributed by atoms with van der Waals surface area (Å²) in [5.41, 5.74) is 3.22. The van der Waals surface area contributed by atoms with Crippen LogP contribution in [0.3, 0.4) is 0 Å². The molecule has 0 unspecified atom stereocenters. The number of hydrogen-bond acceptors (Lipinski definition) is 5. The van der Waals surface area contributed by atoms with E-state index in [-0.39, 0.29) is 5.56 Å². The Morgan fingerprint density at radius 2 is 1.22 bits per heavy atom. The van der Waals surface area contributed by atoms with Gasteiger partial charge >= 0.3 is 17.9 Å². The summed E-state index contributed by atoms with van der Waals surface area (Å²) in [6.45, 7) is 7.89. The Morgan fingerprint density at radius 3 is 1.81 bits per heavy atom. The molecule has 27 heavy (non-hydrogen) atoms. The molecule has 0 fully saturated rings. The smallest absolute Gasteiger partial charge is 0.346 e. The Morgan fingerprint density at radius 1 is 0.741 bits per heavy atom. The molecule has 0 saturated carbocycles. The molecule has 136 valence electrons. The van der Waals surface area contributed by atoms with E-state index in [0.29, 0.717) is 22.4 Å². The third-order valence-corrected chi connectivity index (χ3v) is 5.71. The van der Waals surface area contributed by atoms with Crippen molar-refractivity contribution < 1.29 is 23.9 Å². The van der Waals surface area contributed by atoms with Crippen LogP contribution in [0, 0.1) is 0 Å². The van der Waals surface area contributed by atoms with E-state index in [1.165, 1.54) is 0 Å². The Balaban J connectivity index is 1.88. The van der Waals surface area contributed by atoms with Gasteiger partial charge < -0.3 is 9.47 Å². The Hall–Kier alpha value is -3.21. The van der Waals surface area contributed by atoms with Crippen molar-refractivity contribution in [1.82, 2.24) is 0 Å². The first-order valence-electron chi connectivity index (χ1n) is 8.88. The molecule has 2 aromatic carbocycles. The summed E-state index contributed by atoms with van der Waals surface area (Å²) in [6.07, 6.45) is 1.50. The predicted molar refractivity (Wildman–Crippen MR) is 98.4 cm³/mol. The van der Waals surface area contributed by atoms with Gasteiger partial charge in [0.1, 0.15) is 5.76 Å². The molecule has 0 saturated heterocycles. The molecule has 0 spiro atoms. The van der Waals surface area contributed by atoms with Crippen LogP contribution in [0.1, 0.15) is 74.5 Å². The third kappa shape index (κ3) is 2.35. The fraction of sp³-hybridized carbons (Fsp3) is 0.227. The van der Waals surface area contributed by atoms with E-state index in [2.05, 4.69) is 20.4 Å². The van der Waals surface area contributed by atoms with Gasteiger partial charge in [-0.05, 0) is 42.2 Å². The molecule has 2 heterocycles. The number of rotatable bonds is 4. The van der Waals surface area contributed by atoms with E-state index >= 15 is 0 Å². The van der Waals surface area contributed by atoms with Crippen molar-refractivity contribution in [2.75, 3.05) is 0 Å². The van der Waals surface area contributed by atoms with Crippen molar-refractivity contribution in [3.8, 4) is 0 Å². The standard InChI is InChI=1S/C22H18O5/c1-4-22(5-2,13-6-8-15-12(3)26-20(24)17(15)10-13)14-7-9-16-18(11-14)21(25)27-19(16)23/h6-11H,3-5H2,1-2H3. The van der Waals surface area contributed by atoms with Crippen molar-refractivity contribution in [3.05, 3.63) is 76.4 Å². The van der Waals surface area contributed by atoms with Crippen LogP contribution in [0.4, 0.5) is 0 Å². The zero-order valence-corrected chi connectivity index (χ0v) is 15.1. The molecule has 0 bridgehead atoms. The molecule has 0 radical (unpaired) electrons. The number of ether oxygens (including phenoxy) is 2. The lowest BCUT2D eigenvalue weighted by atomic mass is 9.69. The molecule has 5 heteroatoms. The van der Waals surface area contributed by atoms with E-state index in [0.717, 1.165) is 24.0 Å². The number of carbonyl (C=O) groups excluding carboxylic acids is 3. The maximum absolute atomic E-state index is 12.1. The van der Waals surface area contributed by atoms with Crippen LogP contribution in [0.25, 0.3) is 5.76 Å². The Labute approximate surface area is 156 Å². The van der Waals surface area contributed by atoms with Gasteiger partial charge in [0.2, 0.25) is 0 Å². The fourth-order valence-corrected chi connectivity index (χ4v) is 4.09. The first-order valence-corrected chi connectivity index (χ1v) is 8.88. The largest absolute Gasteiger partial charge is 0.423 e. The highest BCUT2D eigenvalue weighted by atomic mass is 16.6. The van der Waals surface area contributed by atoms with Crippen molar-refractivity contribution in [1.29, 1.82) is 0 Å². The molecule has 0 atom stereocenters. The van der Waals surface area contributed by atoms with Gasteiger partial charge in [0.05, 0.1) is 16.7 Å². The Kier molecular flexibility index (Phi) is 3.77. The maximum atomic E-state index is 12.1. The lowest BCUT2D eigenvalue weighted by molar-refractivity contribution is 0.0443. The van der Waals surface area contributed by atoms with Gasteiger partial charge in [-0.3, -0.25) is 0 Å². The zero-order valence-electron chi connectivity index (χ0n) is 15.1. The predicted octanol–water partition coefficient (Wildman–Crippen LogP) is 4.24. The summed E-state index contributed by atoms with van der Waals surface area (Å²) >= 11 is 0. The van der Waals surface area contributed by atoms with Crippen LogP contribution < -0.4 is 0 Å². The van der Waals surface area contributed by atoms with Gasteiger partial charge in [0.25, 0.3) is 0 Å². The molecule has 2 aromatic rings. The van der Waals surface area contributed by atoms with Crippen LogP contribution in [0.5, 0.6) is 0 Å². The minimum absolute atomic E-state index is 0.290. The van der Waals surface area contributed by atoms with Crippen LogP contribution in [0.2, 0.25) is 0 Å². The summed E-state index contributed by atoms with van der Waals surface area (Å²) in [5.74, 6) is -1.27. The molecule has 0 amide bonds. The second kappa shape index (κ2) is 5.91. The second-order valence-electron chi connectivity index (χ2n) is 6.80. The van der Waals surface area contributed by atoms with Gasteiger partial charge in [0, 0.05) is 11.0 Å². The van der Waals surface area contributed by atoms with Crippen molar-refractivity contribution in [2.45, 2.75) is 32.1 Å². The SMILES string of the molecule is C=C1OC(=O)c2cc(C(CC)(CC)c3ccc4c(c3)C(=O)OC4=O)ccc21. The van der Waals surface area contributed by atoms with Crippen LogP contribution in [-0.4, -0.2) is 17.9 Å². The topological polar surface area (TPSA) is 69.7 Å². The summed E-state index contributed by atoms with van der Waals surface area (Å²) in [5, 5.41) is 0. The highest BCUT2D eigenvalue weighted by molar-refractivity contribution is 6.14. The molecule has 0 N–H and O–H groups in total.